The van der Waals surface area contributed by atoms with Crippen molar-refractivity contribution in [3.63, 3.8) is 0 Å². The Morgan fingerprint density at radius 3 is 2.59 bits per heavy atom. The minimum Gasteiger partial charge on any atom is -0.481 e. The third kappa shape index (κ3) is 6.86. The van der Waals surface area contributed by atoms with Crippen molar-refractivity contribution in [3.8, 4) is 39.5 Å². The molecule has 2 atom stereocenters. The average Bonchev–Trinajstić information content (AvgIpc) is 3.74. The van der Waals surface area contributed by atoms with Crippen LogP contribution in [0.1, 0.15) is 28.9 Å². The van der Waals surface area contributed by atoms with Gasteiger partial charge in [-0.1, -0.05) is 47.5 Å². The van der Waals surface area contributed by atoms with Crippen molar-refractivity contribution in [2.45, 2.75) is 31.6 Å². The Hall–Kier alpha value is -4.69. The fourth-order valence-corrected chi connectivity index (χ4v) is 7.46. The maximum absolute atomic E-state index is 13.4. The molecular weight excluding hydrogens is 695 g/mol. The van der Waals surface area contributed by atoms with Gasteiger partial charge in [0.05, 0.1) is 41.6 Å². The number of methoxy groups -OCH3 is 2. The lowest BCUT2D eigenvalue weighted by atomic mass is 10.00. The van der Waals surface area contributed by atoms with Crippen molar-refractivity contribution in [3.05, 3.63) is 76.2 Å². The highest BCUT2D eigenvalue weighted by atomic mass is 35.5. The van der Waals surface area contributed by atoms with Crippen molar-refractivity contribution in [1.82, 2.24) is 35.1 Å². The first kappa shape index (κ1) is 34.7. The zero-order valence-corrected chi connectivity index (χ0v) is 29.9. The number of likely N-dealkylation sites (tertiary alicyclic amines) is 1. The first-order valence-electron chi connectivity index (χ1n) is 16.7. The number of nitrogens with one attached hydrogen (secondary N) is 3. The Balaban J connectivity index is 1.10. The second-order valence-electron chi connectivity index (χ2n) is 13.0. The number of amides is 2. The first-order valence-corrected chi connectivity index (χ1v) is 17.4. The van der Waals surface area contributed by atoms with Gasteiger partial charge in [-0.25, -0.2) is 4.98 Å². The number of likely N-dealkylation sites (N-methyl/N-ethyl adjacent to an activating group) is 1. The van der Waals surface area contributed by atoms with Crippen LogP contribution >= 0.6 is 23.2 Å². The summed E-state index contributed by atoms with van der Waals surface area (Å²) in [5.41, 5.74) is 8.62. The van der Waals surface area contributed by atoms with Crippen molar-refractivity contribution in [2.24, 2.45) is 5.92 Å². The quantitative estimate of drug-likeness (QED) is 0.194. The van der Waals surface area contributed by atoms with Crippen LogP contribution in [0.15, 0.2) is 54.9 Å². The summed E-state index contributed by atoms with van der Waals surface area (Å²) in [6.07, 6.45) is 4.56. The molecule has 2 amide bonds. The van der Waals surface area contributed by atoms with Crippen LogP contribution in [0.3, 0.4) is 0 Å². The third-order valence-corrected chi connectivity index (χ3v) is 10.5. The predicted molar refractivity (Wildman–Crippen MR) is 193 cm³/mol. The molecule has 0 bridgehead atoms. The number of ether oxygens (including phenoxy) is 2. The molecule has 7 rings (SSSR count). The summed E-state index contributed by atoms with van der Waals surface area (Å²) in [6.45, 7) is 2.91. The summed E-state index contributed by atoms with van der Waals surface area (Å²) < 4.78 is 12.2. The SMILES string of the molecule is COC(=O)C1CN(CC2Nn3cc(-c4nccc(-c5cccc(-c6ccc(CNC[C@@H]7CCC(=O)N7)c(OC)n6)c5Cl)c4Cl)cc3C(=O)N2C)C1. The van der Waals surface area contributed by atoms with Crippen molar-refractivity contribution < 1.29 is 23.9 Å². The van der Waals surface area contributed by atoms with E-state index in [1.165, 1.54) is 7.11 Å². The van der Waals surface area contributed by atoms with Crippen LogP contribution in [0.2, 0.25) is 10.0 Å². The molecule has 6 heterocycles. The van der Waals surface area contributed by atoms with E-state index in [1.807, 2.05) is 42.6 Å². The molecule has 51 heavy (non-hydrogen) atoms. The number of hydrogen-bond acceptors (Lipinski definition) is 10. The van der Waals surface area contributed by atoms with Gasteiger partial charge in [0, 0.05) is 92.4 Å². The number of benzene rings is 1. The maximum Gasteiger partial charge on any atom is 0.311 e. The number of pyridine rings is 2. The number of carbonyl (C=O) groups is 3. The molecule has 3 aliphatic rings. The van der Waals surface area contributed by atoms with Gasteiger partial charge in [0.25, 0.3) is 5.91 Å². The molecule has 266 valence electrons. The van der Waals surface area contributed by atoms with E-state index < -0.39 is 0 Å². The van der Waals surface area contributed by atoms with Gasteiger partial charge in [-0.15, -0.1) is 0 Å². The van der Waals surface area contributed by atoms with Crippen molar-refractivity contribution in [2.75, 3.05) is 52.9 Å². The normalized spacial score (nSPS) is 19.0. The second kappa shape index (κ2) is 14.5. The molecule has 1 unspecified atom stereocenters. The minimum absolute atomic E-state index is 0.0875. The number of rotatable bonds is 11. The van der Waals surface area contributed by atoms with Gasteiger partial charge in [-0.2, -0.15) is 0 Å². The smallest absolute Gasteiger partial charge is 0.311 e. The van der Waals surface area contributed by atoms with Crippen molar-refractivity contribution in [1.29, 1.82) is 0 Å². The van der Waals surface area contributed by atoms with Gasteiger partial charge in [-0.05, 0) is 24.6 Å². The Labute approximate surface area is 305 Å². The number of esters is 1. The standard InChI is InChI=1S/C36H38Cl2N8O5/c1-44-29(19-45-16-22(17-45)36(49)51-3)43-46-18-21(13-28(46)35(44)48)33-32(38)25(11-12-40-33)24-5-4-6-26(31(24)37)27-9-7-20(34(42-27)50-2)14-39-15-23-8-10-30(47)41-23/h4-7,9,11-13,18,22-23,29,39,43H,8,10,14-17,19H2,1-3H3,(H,41,47)/t23-,29?/m0/s1. The highest BCUT2D eigenvalue weighted by Crippen LogP contribution is 2.42. The summed E-state index contributed by atoms with van der Waals surface area (Å²) in [4.78, 5) is 49.9. The van der Waals surface area contributed by atoms with Crippen molar-refractivity contribution >= 4 is 41.0 Å². The molecule has 0 saturated carbocycles. The minimum atomic E-state index is -0.307. The number of hydrogen-bond donors (Lipinski definition) is 3. The molecule has 2 fully saturated rings. The van der Waals surface area contributed by atoms with Crippen LogP contribution < -0.4 is 20.8 Å². The summed E-state index contributed by atoms with van der Waals surface area (Å²) >= 11 is 14.1. The molecule has 3 aliphatic heterocycles. The highest BCUT2D eigenvalue weighted by molar-refractivity contribution is 6.39. The lowest BCUT2D eigenvalue weighted by molar-refractivity contribution is -0.151. The van der Waals surface area contributed by atoms with E-state index >= 15 is 0 Å². The summed E-state index contributed by atoms with van der Waals surface area (Å²) in [5, 5.41) is 7.20. The van der Waals surface area contributed by atoms with E-state index in [2.05, 4.69) is 25.9 Å². The fourth-order valence-electron chi connectivity index (χ4n) is 6.81. The molecule has 3 N–H and O–H groups in total. The number of nitrogens with zero attached hydrogens (tertiary/aromatic N) is 5. The van der Waals surface area contributed by atoms with Gasteiger partial charge < -0.3 is 30.4 Å². The summed E-state index contributed by atoms with van der Waals surface area (Å²) in [5.74, 6) is 0.0577. The monoisotopic (exact) mass is 732 g/mol. The summed E-state index contributed by atoms with van der Waals surface area (Å²) in [7, 11) is 4.73. The Morgan fingerprint density at radius 2 is 1.84 bits per heavy atom. The molecular formula is C36H38Cl2N8O5. The Bertz CT molecular complexity index is 2000. The number of halogens is 2. The highest BCUT2D eigenvalue weighted by Gasteiger charge is 2.38. The second-order valence-corrected chi connectivity index (χ2v) is 13.7. The van der Waals surface area contributed by atoms with Crippen LogP contribution in [0, 0.1) is 5.92 Å². The van der Waals surface area contributed by atoms with Gasteiger partial charge >= 0.3 is 5.97 Å². The zero-order chi connectivity index (χ0) is 35.8. The van der Waals surface area contributed by atoms with Gasteiger partial charge in [0.2, 0.25) is 11.8 Å². The number of carbonyl (C=O) groups excluding carboxylic acids is 3. The van der Waals surface area contributed by atoms with Crippen LogP contribution in [0.25, 0.3) is 33.6 Å². The van der Waals surface area contributed by atoms with E-state index in [-0.39, 0.29) is 35.9 Å². The molecule has 0 spiro atoms. The molecule has 15 heteroatoms. The van der Waals surface area contributed by atoms with Crippen LogP contribution in [0.5, 0.6) is 5.88 Å². The van der Waals surface area contributed by atoms with E-state index in [4.69, 9.17) is 37.7 Å². The first-order chi connectivity index (χ1) is 24.6. The van der Waals surface area contributed by atoms with E-state index in [0.717, 1.165) is 12.0 Å². The fraction of sp³-hybridized carbons (Fsp3) is 0.361. The van der Waals surface area contributed by atoms with Crippen LogP contribution in [0.4, 0.5) is 0 Å². The maximum atomic E-state index is 13.4. The Morgan fingerprint density at radius 1 is 1.06 bits per heavy atom. The Kier molecular flexibility index (Phi) is 9.88. The molecule has 0 aliphatic carbocycles. The predicted octanol–water partition coefficient (Wildman–Crippen LogP) is 4.02. The lowest BCUT2D eigenvalue weighted by Gasteiger charge is -2.43. The average molecular weight is 734 g/mol. The number of aromatic nitrogens is 3. The zero-order valence-electron chi connectivity index (χ0n) is 28.4. The molecule has 1 aromatic carbocycles. The molecule has 13 nitrogen and oxygen atoms in total. The van der Waals surface area contributed by atoms with Crippen LogP contribution in [-0.2, 0) is 20.9 Å². The summed E-state index contributed by atoms with van der Waals surface area (Å²) in [6, 6.07) is 13.2. The van der Waals surface area contributed by atoms with Gasteiger partial charge in [0.1, 0.15) is 11.9 Å². The van der Waals surface area contributed by atoms with E-state index in [0.29, 0.717) is 94.4 Å². The number of fused-ring (bicyclic) bond motifs is 1. The topological polar surface area (TPSA) is 143 Å². The van der Waals surface area contributed by atoms with Gasteiger partial charge in [0.15, 0.2) is 0 Å². The van der Waals surface area contributed by atoms with E-state index in [1.54, 1.807) is 36.0 Å². The molecule has 0 radical (unpaired) electrons. The largest absolute Gasteiger partial charge is 0.481 e. The van der Waals surface area contributed by atoms with E-state index in [9.17, 15) is 14.4 Å². The molecule has 2 saturated heterocycles. The lowest BCUT2D eigenvalue weighted by Crippen LogP contribution is -2.60. The van der Waals surface area contributed by atoms with Gasteiger partial charge in [-0.3, -0.25) is 28.9 Å². The third-order valence-electron chi connectivity index (χ3n) is 9.69. The molecule has 3 aromatic heterocycles. The van der Waals surface area contributed by atoms with Crippen LogP contribution in [-0.4, -0.2) is 102 Å². The molecule has 4 aromatic rings.